The molecule has 2 rings (SSSR count). The van der Waals surface area contributed by atoms with Crippen LogP contribution in [0.15, 0.2) is 40.8 Å². The summed E-state index contributed by atoms with van der Waals surface area (Å²) < 4.78 is 9.70. The van der Waals surface area contributed by atoms with E-state index in [1.54, 1.807) is 24.3 Å². The van der Waals surface area contributed by atoms with E-state index in [1.807, 2.05) is 6.92 Å². The van der Waals surface area contributed by atoms with Crippen LogP contribution in [0, 0.1) is 17.0 Å². The summed E-state index contributed by atoms with van der Waals surface area (Å²) in [5, 5.41) is 10.5. The fraction of sp³-hybridized carbons (Fsp3) is 0.200. The third-order valence-electron chi connectivity index (χ3n) is 2.96. The van der Waals surface area contributed by atoms with E-state index in [-0.39, 0.29) is 11.5 Å². The number of esters is 1. The molecule has 0 N–H and O–H groups in total. The van der Waals surface area contributed by atoms with E-state index in [4.69, 9.17) is 9.15 Å². The second-order valence-electron chi connectivity index (χ2n) is 4.67. The molecule has 0 bridgehead atoms. The molecular formula is C15H13NO6. The SMILES string of the molecule is Cc1ccc(C(=O)[C@H](C)OC(=O)c2ccc([N+](=O)[O-])o2)cc1. The fourth-order valence-corrected chi connectivity index (χ4v) is 1.76. The molecule has 1 aromatic carbocycles. The van der Waals surface area contributed by atoms with Crippen molar-refractivity contribution in [3.8, 4) is 0 Å². The summed E-state index contributed by atoms with van der Waals surface area (Å²) in [5.41, 5.74) is 1.42. The summed E-state index contributed by atoms with van der Waals surface area (Å²) in [5.74, 6) is -2.19. The Morgan fingerprint density at radius 3 is 2.36 bits per heavy atom. The molecule has 0 saturated carbocycles. The first-order valence-electron chi connectivity index (χ1n) is 6.44. The van der Waals surface area contributed by atoms with Crippen molar-refractivity contribution in [2.24, 2.45) is 0 Å². The van der Waals surface area contributed by atoms with Gasteiger partial charge in [-0.15, -0.1) is 0 Å². The second kappa shape index (κ2) is 6.21. The Labute approximate surface area is 125 Å². The van der Waals surface area contributed by atoms with Gasteiger partial charge < -0.3 is 9.15 Å². The van der Waals surface area contributed by atoms with E-state index >= 15 is 0 Å². The van der Waals surface area contributed by atoms with Gasteiger partial charge in [-0.2, -0.15) is 0 Å². The van der Waals surface area contributed by atoms with Crippen LogP contribution in [-0.4, -0.2) is 22.8 Å². The average molecular weight is 303 g/mol. The lowest BCUT2D eigenvalue weighted by Gasteiger charge is -2.11. The molecule has 22 heavy (non-hydrogen) atoms. The molecule has 0 aliphatic heterocycles. The minimum Gasteiger partial charge on any atom is -0.448 e. The minimum absolute atomic E-state index is 0.324. The zero-order valence-corrected chi connectivity index (χ0v) is 11.9. The molecule has 7 nitrogen and oxygen atoms in total. The van der Waals surface area contributed by atoms with Crippen molar-refractivity contribution in [2.45, 2.75) is 20.0 Å². The number of benzene rings is 1. The number of ketones is 1. The number of rotatable bonds is 5. The van der Waals surface area contributed by atoms with E-state index in [0.717, 1.165) is 17.7 Å². The van der Waals surface area contributed by atoms with Crippen molar-refractivity contribution < 1.29 is 23.7 Å². The van der Waals surface area contributed by atoms with Gasteiger partial charge in [-0.1, -0.05) is 29.8 Å². The van der Waals surface area contributed by atoms with Gasteiger partial charge in [0.2, 0.25) is 11.5 Å². The zero-order valence-electron chi connectivity index (χ0n) is 11.9. The number of Topliss-reactive ketones (excluding diaryl/α,β-unsaturated/α-hetero) is 1. The monoisotopic (exact) mass is 303 g/mol. The van der Waals surface area contributed by atoms with Crippen molar-refractivity contribution in [1.82, 2.24) is 0 Å². The minimum atomic E-state index is -1.03. The van der Waals surface area contributed by atoms with Gasteiger partial charge in [0.25, 0.3) is 0 Å². The summed E-state index contributed by atoms with van der Waals surface area (Å²) in [6, 6.07) is 9.00. The van der Waals surface area contributed by atoms with E-state index in [1.165, 1.54) is 6.92 Å². The van der Waals surface area contributed by atoms with Crippen molar-refractivity contribution in [2.75, 3.05) is 0 Å². The Morgan fingerprint density at radius 2 is 1.82 bits per heavy atom. The number of hydrogen-bond donors (Lipinski definition) is 0. The third kappa shape index (κ3) is 3.38. The van der Waals surface area contributed by atoms with Gasteiger partial charge in [0.05, 0.1) is 6.07 Å². The Balaban J connectivity index is 2.05. The van der Waals surface area contributed by atoms with E-state index in [2.05, 4.69) is 0 Å². The number of furan rings is 1. The molecule has 114 valence electrons. The van der Waals surface area contributed by atoms with Crippen LogP contribution < -0.4 is 0 Å². The van der Waals surface area contributed by atoms with Crippen LogP contribution in [0.25, 0.3) is 0 Å². The first-order valence-corrected chi connectivity index (χ1v) is 6.44. The molecule has 7 heteroatoms. The molecule has 1 atom stereocenters. The second-order valence-corrected chi connectivity index (χ2v) is 4.67. The lowest BCUT2D eigenvalue weighted by Crippen LogP contribution is -2.24. The average Bonchev–Trinajstić information content (AvgIpc) is 2.97. The van der Waals surface area contributed by atoms with E-state index < -0.39 is 22.9 Å². The van der Waals surface area contributed by atoms with Gasteiger partial charge in [0.1, 0.15) is 4.92 Å². The predicted molar refractivity (Wildman–Crippen MR) is 75.7 cm³/mol. The van der Waals surface area contributed by atoms with Crippen LogP contribution in [0.1, 0.15) is 33.4 Å². The Morgan fingerprint density at radius 1 is 1.18 bits per heavy atom. The largest absolute Gasteiger partial charge is 0.448 e. The van der Waals surface area contributed by atoms with E-state index in [0.29, 0.717) is 5.56 Å². The summed E-state index contributed by atoms with van der Waals surface area (Å²) in [7, 11) is 0. The van der Waals surface area contributed by atoms with Gasteiger partial charge in [0.15, 0.2) is 6.10 Å². The van der Waals surface area contributed by atoms with Crippen molar-refractivity contribution >= 4 is 17.6 Å². The number of nitrogens with zero attached hydrogens (tertiary/aromatic N) is 1. The smallest absolute Gasteiger partial charge is 0.433 e. The molecule has 2 aromatic rings. The summed E-state index contributed by atoms with van der Waals surface area (Å²) in [4.78, 5) is 33.6. The Hall–Kier alpha value is -2.96. The van der Waals surface area contributed by atoms with Crippen LogP contribution in [0.5, 0.6) is 0 Å². The van der Waals surface area contributed by atoms with Gasteiger partial charge in [-0.3, -0.25) is 14.9 Å². The Bertz CT molecular complexity index is 716. The highest BCUT2D eigenvalue weighted by molar-refractivity contribution is 6.01. The maximum atomic E-state index is 12.1. The molecule has 0 amide bonds. The number of hydrogen-bond acceptors (Lipinski definition) is 6. The molecule has 0 spiro atoms. The van der Waals surface area contributed by atoms with Gasteiger partial charge >= 0.3 is 11.9 Å². The van der Waals surface area contributed by atoms with Crippen LogP contribution in [0.2, 0.25) is 0 Å². The van der Waals surface area contributed by atoms with Gasteiger partial charge in [0, 0.05) is 5.56 Å². The summed E-state index contributed by atoms with van der Waals surface area (Å²) >= 11 is 0. The number of ether oxygens (including phenoxy) is 1. The van der Waals surface area contributed by atoms with Crippen LogP contribution >= 0.6 is 0 Å². The number of carbonyl (C=O) groups is 2. The van der Waals surface area contributed by atoms with Crippen LogP contribution in [0.3, 0.4) is 0 Å². The van der Waals surface area contributed by atoms with Gasteiger partial charge in [-0.05, 0) is 19.9 Å². The highest BCUT2D eigenvalue weighted by atomic mass is 16.7. The Kier molecular flexibility index (Phi) is 4.36. The molecule has 0 saturated heterocycles. The quantitative estimate of drug-likeness (QED) is 0.364. The molecule has 0 aliphatic carbocycles. The lowest BCUT2D eigenvalue weighted by molar-refractivity contribution is -0.402. The lowest BCUT2D eigenvalue weighted by atomic mass is 10.1. The molecule has 0 radical (unpaired) electrons. The number of aryl methyl sites for hydroxylation is 1. The zero-order chi connectivity index (χ0) is 16.3. The highest BCUT2D eigenvalue weighted by Gasteiger charge is 2.24. The predicted octanol–water partition coefficient (Wildman–Crippen LogP) is 2.92. The maximum Gasteiger partial charge on any atom is 0.433 e. The molecule has 0 fully saturated rings. The van der Waals surface area contributed by atoms with Gasteiger partial charge in [-0.25, -0.2) is 4.79 Å². The molecular weight excluding hydrogens is 290 g/mol. The van der Waals surface area contributed by atoms with Crippen molar-refractivity contribution in [1.29, 1.82) is 0 Å². The van der Waals surface area contributed by atoms with E-state index in [9.17, 15) is 19.7 Å². The van der Waals surface area contributed by atoms with Crippen molar-refractivity contribution in [3.63, 3.8) is 0 Å². The molecule has 0 unspecified atom stereocenters. The number of nitro groups is 1. The van der Waals surface area contributed by atoms with Crippen molar-refractivity contribution in [3.05, 3.63) is 63.4 Å². The normalized spacial score (nSPS) is 11.7. The standard InChI is InChI=1S/C15H13NO6/c1-9-3-5-11(6-4-9)14(17)10(2)21-15(18)12-7-8-13(22-12)16(19)20/h3-8,10H,1-2H3/t10-/m0/s1. The highest BCUT2D eigenvalue weighted by Crippen LogP contribution is 2.17. The molecule has 0 aliphatic rings. The maximum absolute atomic E-state index is 12.1. The summed E-state index contributed by atoms with van der Waals surface area (Å²) in [6.07, 6.45) is -1.03. The number of carbonyl (C=O) groups excluding carboxylic acids is 2. The third-order valence-corrected chi connectivity index (χ3v) is 2.96. The molecule has 1 heterocycles. The first kappa shape index (κ1) is 15.4. The topological polar surface area (TPSA) is 99.7 Å². The fourth-order valence-electron chi connectivity index (χ4n) is 1.76. The summed E-state index contributed by atoms with van der Waals surface area (Å²) in [6.45, 7) is 3.32. The van der Waals surface area contributed by atoms with Crippen LogP contribution in [0.4, 0.5) is 5.88 Å². The molecule has 1 aromatic heterocycles. The van der Waals surface area contributed by atoms with Crippen LogP contribution in [-0.2, 0) is 4.74 Å². The first-order chi connectivity index (χ1) is 10.4.